The molecule has 1 aromatic carbocycles. The van der Waals surface area contributed by atoms with Gasteiger partial charge in [0.25, 0.3) is 0 Å². The van der Waals surface area contributed by atoms with Crippen molar-refractivity contribution in [3.63, 3.8) is 0 Å². The number of carboxylic acids is 1. The Bertz CT molecular complexity index is 590. The summed E-state index contributed by atoms with van der Waals surface area (Å²) in [6, 6.07) is 5.76. The lowest BCUT2D eigenvalue weighted by Gasteiger charge is -2.45. The van der Waals surface area contributed by atoms with E-state index in [2.05, 4.69) is 4.90 Å². The first-order valence-electron chi connectivity index (χ1n) is 7.58. The predicted molar refractivity (Wildman–Crippen MR) is 86.2 cm³/mol. The Morgan fingerprint density at radius 3 is 2.27 bits per heavy atom. The third-order valence-electron chi connectivity index (χ3n) is 4.55. The van der Waals surface area contributed by atoms with Gasteiger partial charge in [-0.2, -0.15) is 0 Å². The van der Waals surface area contributed by atoms with Crippen molar-refractivity contribution in [2.24, 2.45) is 0 Å². The van der Waals surface area contributed by atoms with Crippen LogP contribution in [-0.4, -0.2) is 47.6 Å². The van der Waals surface area contributed by atoms with E-state index in [1.54, 1.807) is 0 Å². The largest absolute Gasteiger partial charge is 0.479 e. The highest BCUT2D eigenvalue weighted by atomic mass is 16.4. The van der Waals surface area contributed by atoms with Crippen LogP contribution < -0.4 is 4.90 Å². The second-order valence-electron chi connectivity index (χ2n) is 6.28. The molecule has 1 N–H and O–H groups in total. The summed E-state index contributed by atoms with van der Waals surface area (Å²) in [6.07, 6.45) is 0.872. The number of aliphatic carboxylic acids is 1. The average Bonchev–Trinajstić information content (AvgIpc) is 2.43. The molecule has 1 heterocycles. The first-order chi connectivity index (χ1) is 10.3. The van der Waals surface area contributed by atoms with E-state index in [0.717, 1.165) is 11.1 Å². The monoisotopic (exact) mass is 304 g/mol. The van der Waals surface area contributed by atoms with Gasteiger partial charge in [0.15, 0.2) is 0 Å². The Balaban J connectivity index is 2.53. The smallest absolute Gasteiger partial charge is 0.330 e. The highest BCUT2D eigenvalue weighted by Crippen LogP contribution is 2.35. The highest BCUT2D eigenvalue weighted by molar-refractivity contribution is 6.01. The van der Waals surface area contributed by atoms with Crippen LogP contribution in [-0.2, 0) is 9.59 Å². The molecule has 22 heavy (non-hydrogen) atoms. The zero-order valence-corrected chi connectivity index (χ0v) is 13.7. The van der Waals surface area contributed by atoms with E-state index in [0.29, 0.717) is 31.6 Å². The number of anilines is 1. The molecule has 0 aromatic heterocycles. The highest BCUT2D eigenvalue weighted by Gasteiger charge is 2.48. The summed E-state index contributed by atoms with van der Waals surface area (Å²) in [5, 5.41) is 9.89. The maximum absolute atomic E-state index is 12.3. The molecule has 2 rings (SSSR count). The Labute approximate surface area is 131 Å². The van der Waals surface area contributed by atoms with E-state index in [-0.39, 0.29) is 5.91 Å². The number of aryl methyl sites for hydroxylation is 2. The summed E-state index contributed by atoms with van der Waals surface area (Å²) in [5.74, 6) is -1.14. The predicted octanol–water partition coefficient (Wildman–Crippen LogP) is 2.21. The van der Waals surface area contributed by atoms with Crippen LogP contribution in [0.25, 0.3) is 0 Å². The molecule has 5 nitrogen and oxygen atoms in total. The van der Waals surface area contributed by atoms with Gasteiger partial charge in [0.1, 0.15) is 5.54 Å². The molecule has 0 bridgehead atoms. The second-order valence-corrected chi connectivity index (χ2v) is 6.28. The molecule has 0 atom stereocenters. The van der Waals surface area contributed by atoms with Crippen molar-refractivity contribution in [3.05, 3.63) is 29.3 Å². The van der Waals surface area contributed by atoms with Crippen LogP contribution in [0.2, 0.25) is 0 Å². The van der Waals surface area contributed by atoms with Gasteiger partial charge in [-0.1, -0.05) is 17.7 Å². The van der Waals surface area contributed by atoms with Crippen LogP contribution in [0.1, 0.15) is 30.9 Å². The van der Waals surface area contributed by atoms with E-state index < -0.39 is 11.5 Å². The zero-order chi connectivity index (χ0) is 16.5. The van der Waals surface area contributed by atoms with E-state index in [9.17, 15) is 14.7 Å². The summed E-state index contributed by atoms with van der Waals surface area (Å²) in [6.45, 7) is 6.69. The van der Waals surface area contributed by atoms with Gasteiger partial charge in [-0.25, -0.2) is 4.79 Å². The Kier molecular flexibility index (Phi) is 4.56. The van der Waals surface area contributed by atoms with Crippen LogP contribution in [0.5, 0.6) is 0 Å². The van der Waals surface area contributed by atoms with Crippen molar-refractivity contribution in [1.82, 2.24) is 4.90 Å². The molecular formula is C17H24N2O3. The zero-order valence-electron chi connectivity index (χ0n) is 13.7. The second kappa shape index (κ2) is 6.08. The lowest BCUT2D eigenvalue weighted by molar-refractivity contribution is -0.147. The first-order valence-corrected chi connectivity index (χ1v) is 7.58. The summed E-state index contributed by atoms with van der Waals surface area (Å²) in [7, 11) is 1.97. The topological polar surface area (TPSA) is 60.9 Å². The van der Waals surface area contributed by atoms with Crippen LogP contribution >= 0.6 is 0 Å². The number of carboxylic acid groups (broad SMARTS) is 1. The third-order valence-corrected chi connectivity index (χ3v) is 4.55. The molecular weight excluding hydrogens is 280 g/mol. The molecule has 1 aliphatic rings. The fourth-order valence-electron chi connectivity index (χ4n) is 3.28. The third kappa shape index (κ3) is 2.86. The number of piperidine rings is 1. The van der Waals surface area contributed by atoms with Crippen molar-refractivity contribution < 1.29 is 14.7 Å². The van der Waals surface area contributed by atoms with Gasteiger partial charge >= 0.3 is 5.97 Å². The molecule has 120 valence electrons. The Morgan fingerprint density at radius 2 is 1.82 bits per heavy atom. The molecule has 5 heteroatoms. The number of hydrogen-bond donors (Lipinski definition) is 1. The van der Waals surface area contributed by atoms with Gasteiger partial charge in [-0.3, -0.25) is 9.69 Å². The fraction of sp³-hybridized carbons (Fsp3) is 0.529. The molecule has 0 radical (unpaired) electrons. The normalized spacial score (nSPS) is 18.0. The van der Waals surface area contributed by atoms with Gasteiger partial charge in [0.05, 0.1) is 0 Å². The van der Waals surface area contributed by atoms with E-state index in [1.165, 1.54) is 11.8 Å². The van der Waals surface area contributed by atoms with Gasteiger partial charge < -0.3 is 10.0 Å². The van der Waals surface area contributed by atoms with Gasteiger partial charge in [-0.15, -0.1) is 0 Å². The standard InChI is InChI=1S/C17H24N2O3/c1-12-5-6-15(13(2)11-12)19(14(3)20)17(16(21)22)7-9-18(4)10-8-17/h5-6,11H,7-10H2,1-4H3,(H,21,22). The molecule has 1 amide bonds. The van der Waals surface area contributed by atoms with E-state index in [4.69, 9.17) is 0 Å². The van der Waals surface area contributed by atoms with Crippen molar-refractivity contribution in [2.45, 2.75) is 39.2 Å². The number of likely N-dealkylation sites (tertiary alicyclic amines) is 1. The van der Waals surface area contributed by atoms with E-state index in [1.807, 2.05) is 39.1 Å². The number of carbonyl (C=O) groups excluding carboxylic acids is 1. The van der Waals surface area contributed by atoms with Gasteiger partial charge in [0, 0.05) is 25.7 Å². The molecule has 0 spiro atoms. The quantitative estimate of drug-likeness (QED) is 0.930. The lowest BCUT2D eigenvalue weighted by Crippen LogP contribution is -2.61. The summed E-state index contributed by atoms with van der Waals surface area (Å²) in [4.78, 5) is 28.0. The first kappa shape index (κ1) is 16.5. The van der Waals surface area contributed by atoms with E-state index >= 15 is 0 Å². The molecule has 1 aromatic rings. The summed E-state index contributed by atoms with van der Waals surface area (Å²) >= 11 is 0. The van der Waals surface area contributed by atoms with Crippen molar-refractivity contribution in [1.29, 1.82) is 0 Å². The average molecular weight is 304 g/mol. The number of amides is 1. The fourth-order valence-corrected chi connectivity index (χ4v) is 3.28. The van der Waals surface area contributed by atoms with Crippen molar-refractivity contribution in [2.75, 3.05) is 25.0 Å². The Hall–Kier alpha value is -1.88. The summed E-state index contributed by atoms with van der Waals surface area (Å²) in [5.41, 5.74) is 1.57. The molecule has 0 aliphatic carbocycles. The summed E-state index contributed by atoms with van der Waals surface area (Å²) < 4.78 is 0. The van der Waals surface area contributed by atoms with Crippen LogP contribution in [0.4, 0.5) is 5.69 Å². The lowest BCUT2D eigenvalue weighted by atomic mass is 9.84. The molecule has 0 saturated carbocycles. The molecule has 1 saturated heterocycles. The number of carbonyl (C=O) groups is 2. The number of benzene rings is 1. The number of hydrogen-bond acceptors (Lipinski definition) is 3. The maximum Gasteiger partial charge on any atom is 0.330 e. The van der Waals surface area contributed by atoms with Gasteiger partial charge in [-0.05, 0) is 45.4 Å². The van der Waals surface area contributed by atoms with Gasteiger partial charge in [0.2, 0.25) is 5.91 Å². The number of rotatable bonds is 3. The minimum atomic E-state index is -1.15. The van der Waals surface area contributed by atoms with Crippen molar-refractivity contribution in [3.8, 4) is 0 Å². The van der Waals surface area contributed by atoms with Crippen LogP contribution in [0, 0.1) is 13.8 Å². The maximum atomic E-state index is 12.3. The molecule has 0 unspecified atom stereocenters. The SMILES string of the molecule is CC(=O)N(c1ccc(C)cc1C)C1(C(=O)O)CCN(C)CC1. The molecule has 1 aliphatic heterocycles. The number of nitrogens with zero attached hydrogens (tertiary/aromatic N) is 2. The molecule has 1 fully saturated rings. The minimum absolute atomic E-state index is 0.223. The van der Waals surface area contributed by atoms with Crippen molar-refractivity contribution >= 4 is 17.6 Å². The minimum Gasteiger partial charge on any atom is -0.479 e. The van der Waals surface area contributed by atoms with Crippen LogP contribution in [0.15, 0.2) is 18.2 Å². The Morgan fingerprint density at radius 1 is 1.23 bits per heavy atom. The van der Waals surface area contributed by atoms with Crippen LogP contribution in [0.3, 0.4) is 0 Å².